The van der Waals surface area contributed by atoms with Crippen LogP contribution < -0.4 is 20.9 Å². The zero-order chi connectivity index (χ0) is 24.6. The Morgan fingerprint density at radius 1 is 1.14 bits per heavy atom. The minimum Gasteiger partial charge on any atom is -0.381 e. The molecule has 1 aliphatic carbocycles. The standard InChI is InChI=1S/C27H35N7O/c1-3-27(35)32-25-16-22(34-14-12-33(4-2)13-15-34)10-11-23(25)31-26-17-24(20(18-28)19-29-26)30-21-8-6-5-7-9-21/h3,10-11,16-17,19,21H,1,4-9,12-15H2,2H3,(H,32,35)(H2,29,30,31). The number of nitrogens with zero attached hydrogens (tertiary/aromatic N) is 4. The van der Waals surface area contributed by atoms with Crippen LogP contribution in [0.2, 0.25) is 0 Å². The molecule has 35 heavy (non-hydrogen) atoms. The number of anilines is 5. The van der Waals surface area contributed by atoms with Gasteiger partial charge in [-0.2, -0.15) is 5.26 Å². The van der Waals surface area contributed by atoms with Crippen LogP contribution in [-0.2, 0) is 4.79 Å². The lowest BCUT2D eigenvalue weighted by Gasteiger charge is -2.35. The van der Waals surface area contributed by atoms with Crippen molar-refractivity contribution in [3.8, 4) is 6.07 Å². The first-order chi connectivity index (χ1) is 17.1. The summed E-state index contributed by atoms with van der Waals surface area (Å²) in [5.41, 5.74) is 3.79. The molecule has 8 nitrogen and oxygen atoms in total. The van der Waals surface area contributed by atoms with Gasteiger partial charge in [-0.1, -0.05) is 32.8 Å². The van der Waals surface area contributed by atoms with Crippen LogP contribution in [0.15, 0.2) is 43.1 Å². The summed E-state index contributed by atoms with van der Waals surface area (Å²) in [5.74, 6) is 0.342. The number of benzene rings is 1. The molecule has 2 heterocycles. The van der Waals surface area contributed by atoms with Crippen molar-refractivity contribution in [2.75, 3.05) is 53.6 Å². The van der Waals surface area contributed by atoms with E-state index in [9.17, 15) is 10.1 Å². The Bertz CT molecular complexity index is 1080. The number of piperazine rings is 1. The van der Waals surface area contributed by atoms with E-state index in [1.54, 1.807) is 6.20 Å². The number of pyridine rings is 1. The summed E-state index contributed by atoms with van der Waals surface area (Å²) in [6.45, 7) is 10.8. The van der Waals surface area contributed by atoms with Crippen molar-refractivity contribution in [3.63, 3.8) is 0 Å². The third-order valence-corrected chi connectivity index (χ3v) is 6.88. The molecule has 0 spiro atoms. The van der Waals surface area contributed by atoms with E-state index in [1.165, 1.54) is 25.3 Å². The second-order valence-electron chi connectivity index (χ2n) is 9.18. The summed E-state index contributed by atoms with van der Waals surface area (Å²) >= 11 is 0. The third-order valence-electron chi connectivity index (χ3n) is 6.88. The molecule has 2 aliphatic rings. The average Bonchev–Trinajstić information content (AvgIpc) is 2.90. The van der Waals surface area contributed by atoms with Crippen molar-refractivity contribution < 1.29 is 4.79 Å². The highest BCUT2D eigenvalue weighted by Crippen LogP contribution is 2.32. The zero-order valence-corrected chi connectivity index (χ0v) is 20.5. The predicted octanol–water partition coefficient (Wildman–Crippen LogP) is 4.71. The fourth-order valence-corrected chi connectivity index (χ4v) is 4.78. The molecule has 0 bridgehead atoms. The van der Waals surface area contributed by atoms with Gasteiger partial charge in [-0.25, -0.2) is 4.98 Å². The summed E-state index contributed by atoms with van der Waals surface area (Å²) in [4.78, 5) is 21.4. The highest BCUT2D eigenvalue weighted by atomic mass is 16.1. The van der Waals surface area contributed by atoms with E-state index < -0.39 is 0 Å². The number of rotatable bonds is 8. The molecule has 3 N–H and O–H groups in total. The van der Waals surface area contributed by atoms with Gasteiger partial charge in [0, 0.05) is 50.2 Å². The molecule has 1 aromatic carbocycles. The first kappa shape index (κ1) is 24.6. The van der Waals surface area contributed by atoms with Gasteiger partial charge in [0.05, 0.1) is 22.6 Å². The summed E-state index contributed by atoms with van der Waals surface area (Å²) in [5, 5.41) is 19.4. The first-order valence-electron chi connectivity index (χ1n) is 12.6. The molecule has 4 rings (SSSR count). The van der Waals surface area contributed by atoms with E-state index in [4.69, 9.17) is 0 Å². The normalized spacial score (nSPS) is 16.9. The van der Waals surface area contributed by atoms with Crippen LogP contribution in [0.4, 0.5) is 28.6 Å². The minimum absolute atomic E-state index is 0.270. The Hall–Kier alpha value is -3.57. The number of nitrogens with one attached hydrogen (secondary N) is 3. The van der Waals surface area contributed by atoms with Crippen molar-refractivity contribution in [2.24, 2.45) is 0 Å². The lowest BCUT2D eigenvalue weighted by molar-refractivity contribution is -0.111. The second-order valence-corrected chi connectivity index (χ2v) is 9.18. The van der Waals surface area contributed by atoms with Gasteiger partial charge in [0.1, 0.15) is 11.9 Å². The Kier molecular flexibility index (Phi) is 8.22. The maximum absolute atomic E-state index is 12.2. The van der Waals surface area contributed by atoms with E-state index in [0.29, 0.717) is 23.1 Å². The molecule has 0 atom stereocenters. The van der Waals surface area contributed by atoms with Crippen molar-refractivity contribution in [1.29, 1.82) is 5.26 Å². The van der Waals surface area contributed by atoms with Gasteiger partial charge in [-0.05, 0) is 43.7 Å². The second kappa shape index (κ2) is 11.7. The van der Waals surface area contributed by atoms with Crippen molar-refractivity contribution in [1.82, 2.24) is 9.88 Å². The smallest absolute Gasteiger partial charge is 0.247 e. The number of carbonyl (C=O) groups is 1. The van der Waals surface area contributed by atoms with Crippen molar-refractivity contribution in [3.05, 3.63) is 48.7 Å². The molecular formula is C27H35N7O. The highest BCUT2D eigenvalue weighted by molar-refractivity contribution is 6.02. The first-order valence-corrected chi connectivity index (χ1v) is 12.6. The molecule has 2 aromatic rings. The van der Waals surface area contributed by atoms with Crippen LogP contribution in [0.1, 0.15) is 44.6 Å². The van der Waals surface area contributed by atoms with Crippen LogP contribution in [0.3, 0.4) is 0 Å². The Morgan fingerprint density at radius 2 is 1.91 bits per heavy atom. The number of hydrogen-bond donors (Lipinski definition) is 3. The van der Waals surface area contributed by atoms with Gasteiger partial charge in [0.15, 0.2) is 0 Å². The van der Waals surface area contributed by atoms with Crippen LogP contribution in [-0.4, -0.2) is 54.6 Å². The van der Waals surface area contributed by atoms with E-state index in [0.717, 1.165) is 62.6 Å². The van der Waals surface area contributed by atoms with Gasteiger partial charge in [-0.15, -0.1) is 0 Å². The molecule has 1 aliphatic heterocycles. The van der Waals surface area contributed by atoms with Crippen LogP contribution >= 0.6 is 0 Å². The zero-order valence-electron chi connectivity index (χ0n) is 20.5. The number of aromatic nitrogens is 1. The monoisotopic (exact) mass is 473 g/mol. The largest absolute Gasteiger partial charge is 0.381 e. The van der Waals surface area contributed by atoms with Crippen LogP contribution in [0.25, 0.3) is 0 Å². The fraction of sp³-hybridized carbons (Fsp3) is 0.444. The number of amides is 1. The van der Waals surface area contributed by atoms with E-state index in [1.807, 2.05) is 18.2 Å². The lowest BCUT2D eigenvalue weighted by atomic mass is 9.95. The van der Waals surface area contributed by atoms with Crippen molar-refractivity contribution in [2.45, 2.75) is 45.1 Å². The Labute approximate surface area is 208 Å². The molecule has 1 amide bonds. The predicted molar refractivity (Wildman–Crippen MR) is 142 cm³/mol. The number of likely N-dealkylation sites (N-methyl/N-ethyl adjacent to an activating group) is 1. The molecule has 1 saturated carbocycles. The molecule has 2 fully saturated rings. The summed E-state index contributed by atoms with van der Waals surface area (Å²) in [7, 11) is 0. The van der Waals surface area contributed by atoms with Gasteiger partial charge in [0.2, 0.25) is 5.91 Å². The number of carbonyl (C=O) groups excluding carboxylic acids is 1. The van der Waals surface area contributed by atoms with Gasteiger partial charge in [-0.3, -0.25) is 4.79 Å². The number of hydrogen-bond acceptors (Lipinski definition) is 7. The quantitative estimate of drug-likeness (QED) is 0.478. The lowest BCUT2D eigenvalue weighted by Crippen LogP contribution is -2.46. The topological polar surface area (TPSA) is 96.3 Å². The molecule has 1 aromatic heterocycles. The summed E-state index contributed by atoms with van der Waals surface area (Å²) in [6, 6.07) is 10.5. The molecular weight excluding hydrogens is 438 g/mol. The average molecular weight is 474 g/mol. The van der Waals surface area contributed by atoms with Crippen molar-refractivity contribution >= 4 is 34.5 Å². The minimum atomic E-state index is -0.270. The molecule has 0 radical (unpaired) electrons. The SMILES string of the molecule is C=CC(=O)Nc1cc(N2CCN(CC)CC2)ccc1Nc1cc(NC2CCCCC2)c(C#N)cn1. The number of nitriles is 1. The Balaban J connectivity index is 1.56. The highest BCUT2D eigenvalue weighted by Gasteiger charge is 2.19. The maximum Gasteiger partial charge on any atom is 0.247 e. The van der Waals surface area contributed by atoms with Crippen LogP contribution in [0.5, 0.6) is 0 Å². The van der Waals surface area contributed by atoms with Crippen LogP contribution in [0, 0.1) is 11.3 Å². The molecule has 8 heteroatoms. The third kappa shape index (κ3) is 6.31. The van der Waals surface area contributed by atoms with E-state index >= 15 is 0 Å². The fourth-order valence-electron chi connectivity index (χ4n) is 4.78. The van der Waals surface area contributed by atoms with E-state index in [-0.39, 0.29) is 5.91 Å². The van der Waals surface area contributed by atoms with E-state index in [2.05, 4.69) is 56.4 Å². The maximum atomic E-state index is 12.2. The molecule has 1 saturated heterocycles. The van der Waals surface area contributed by atoms with Gasteiger partial charge >= 0.3 is 0 Å². The Morgan fingerprint density at radius 3 is 2.60 bits per heavy atom. The van der Waals surface area contributed by atoms with Gasteiger partial charge in [0.25, 0.3) is 0 Å². The summed E-state index contributed by atoms with van der Waals surface area (Å²) in [6.07, 6.45) is 8.78. The van der Waals surface area contributed by atoms with Gasteiger partial charge < -0.3 is 25.8 Å². The molecule has 0 unspecified atom stereocenters. The molecule has 184 valence electrons. The summed E-state index contributed by atoms with van der Waals surface area (Å²) < 4.78 is 0.